The van der Waals surface area contributed by atoms with Gasteiger partial charge in [-0.3, -0.25) is 4.79 Å². The number of nitrogens with one attached hydrogen (secondary N) is 1. The summed E-state index contributed by atoms with van der Waals surface area (Å²) in [7, 11) is 0. The van der Waals surface area contributed by atoms with Gasteiger partial charge in [0.05, 0.1) is 6.54 Å². The smallest absolute Gasteiger partial charge is 0.245 e. The lowest BCUT2D eigenvalue weighted by molar-refractivity contribution is 0.101. The number of anilines is 2. The van der Waals surface area contributed by atoms with Crippen molar-refractivity contribution in [3.05, 3.63) is 35.5 Å². The van der Waals surface area contributed by atoms with Gasteiger partial charge in [-0.15, -0.1) is 0 Å². The molecule has 0 aliphatic heterocycles. The number of nitrogen functional groups attached to an aromatic ring is 1. The minimum absolute atomic E-state index is 0.0495. The number of rotatable bonds is 4. The number of benzene rings is 1. The van der Waals surface area contributed by atoms with Crippen molar-refractivity contribution in [1.82, 2.24) is 10.1 Å². The third-order valence-corrected chi connectivity index (χ3v) is 2.44. The average molecular weight is 246 g/mol. The maximum absolute atomic E-state index is 11.2. The summed E-state index contributed by atoms with van der Waals surface area (Å²) in [5.41, 5.74) is 7.56. The molecule has 0 fully saturated rings. The average Bonchev–Trinajstić information content (AvgIpc) is 2.72. The second kappa shape index (κ2) is 4.87. The van der Waals surface area contributed by atoms with E-state index >= 15 is 0 Å². The van der Waals surface area contributed by atoms with E-state index in [2.05, 4.69) is 15.5 Å². The predicted octanol–water partition coefficient (Wildman–Crippen LogP) is 1.77. The molecule has 0 saturated heterocycles. The van der Waals surface area contributed by atoms with Gasteiger partial charge in [-0.1, -0.05) is 5.16 Å². The van der Waals surface area contributed by atoms with Gasteiger partial charge in [-0.05, 0) is 32.0 Å². The number of carbonyl (C=O) groups is 1. The van der Waals surface area contributed by atoms with Gasteiger partial charge in [-0.2, -0.15) is 4.98 Å². The Labute approximate surface area is 104 Å². The highest BCUT2D eigenvalue weighted by Crippen LogP contribution is 2.18. The van der Waals surface area contributed by atoms with Crippen LogP contribution in [0.3, 0.4) is 0 Å². The molecule has 0 spiro atoms. The third kappa shape index (κ3) is 2.65. The molecule has 18 heavy (non-hydrogen) atoms. The molecule has 3 N–H and O–H groups in total. The number of hydrogen-bond acceptors (Lipinski definition) is 6. The molecule has 6 nitrogen and oxygen atoms in total. The minimum Gasteiger partial charge on any atom is -0.398 e. The zero-order chi connectivity index (χ0) is 13.1. The summed E-state index contributed by atoms with van der Waals surface area (Å²) in [5.74, 6) is 1.05. The number of aromatic nitrogens is 2. The van der Waals surface area contributed by atoms with Crippen molar-refractivity contribution >= 4 is 17.2 Å². The van der Waals surface area contributed by atoms with Crippen LogP contribution in [-0.2, 0) is 6.54 Å². The van der Waals surface area contributed by atoms with Crippen molar-refractivity contribution in [1.29, 1.82) is 0 Å². The Morgan fingerprint density at radius 2 is 2.28 bits per heavy atom. The second-order valence-electron chi connectivity index (χ2n) is 3.95. The van der Waals surface area contributed by atoms with E-state index in [4.69, 9.17) is 10.3 Å². The van der Waals surface area contributed by atoms with Crippen molar-refractivity contribution < 1.29 is 9.32 Å². The predicted molar refractivity (Wildman–Crippen MR) is 67.2 cm³/mol. The lowest BCUT2D eigenvalue weighted by Crippen LogP contribution is -2.03. The van der Waals surface area contributed by atoms with Crippen molar-refractivity contribution in [3.63, 3.8) is 0 Å². The van der Waals surface area contributed by atoms with Crippen LogP contribution in [0.1, 0.15) is 29.0 Å². The Morgan fingerprint density at radius 1 is 1.50 bits per heavy atom. The lowest BCUT2D eigenvalue weighted by Gasteiger charge is -2.07. The fraction of sp³-hybridized carbons (Fsp3) is 0.250. The first-order chi connectivity index (χ1) is 8.56. The molecular formula is C12H14N4O2. The van der Waals surface area contributed by atoms with E-state index < -0.39 is 0 Å². The summed E-state index contributed by atoms with van der Waals surface area (Å²) in [6, 6.07) is 5.19. The van der Waals surface area contributed by atoms with Crippen LogP contribution in [0.4, 0.5) is 11.4 Å². The number of Topliss-reactive ketones (excluding diaryl/α,β-unsaturated/α-hetero) is 1. The first-order valence-corrected chi connectivity index (χ1v) is 5.50. The SMILES string of the molecule is CC(=O)c1ccc(NCc2nc(C)no2)cc1N. The maximum Gasteiger partial charge on any atom is 0.245 e. The molecule has 0 atom stereocenters. The highest BCUT2D eigenvalue weighted by molar-refractivity contribution is 5.99. The molecule has 0 amide bonds. The van der Waals surface area contributed by atoms with Gasteiger partial charge in [0.25, 0.3) is 0 Å². The van der Waals surface area contributed by atoms with Crippen molar-refractivity contribution in [3.8, 4) is 0 Å². The molecule has 1 aromatic carbocycles. The van der Waals surface area contributed by atoms with Crippen molar-refractivity contribution in [2.45, 2.75) is 20.4 Å². The first kappa shape index (κ1) is 12.1. The number of aryl methyl sites for hydroxylation is 1. The Bertz CT molecular complexity index is 577. The van der Waals surface area contributed by atoms with Crippen LogP contribution in [0.2, 0.25) is 0 Å². The van der Waals surface area contributed by atoms with Gasteiger partial charge >= 0.3 is 0 Å². The van der Waals surface area contributed by atoms with Crippen LogP contribution in [-0.4, -0.2) is 15.9 Å². The Hall–Kier alpha value is -2.37. The molecule has 0 aliphatic rings. The van der Waals surface area contributed by atoms with Gasteiger partial charge in [0.15, 0.2) is 11.6 Å². The Kier molecular flexibility index (Phi) is 3.27. The Morgan fingerprint density at radius 3 is 2.83 bits per heavy atom. The standard InChI is InChI=1S/C12H14N4O2/c1-7(17)10-4-3-9(5-11(10)13)14-6-12-15-8(2)16-18-12/h3-5,14H,6,13H2,1-2H3. The zero-order valence-corrected chi connectivity index (χ0v) is 10.2. The highest BCUT2D eigenvalue weighted by atomic mass is 16.5. The van der Waals surface area contributed by atoms with E-state index in [0.29, 0.717) is 29.5 Å². The Balaban J connectivity index is 2.06. The maximum atomic E-state index is 11.2. The fourth-order valence-electron chi connectivity index (χ4n) is 1.58. The lowest BCUT2D eigenvalue weighted by atomic mass is 10.1. The van der Waals surface area contributed by atoms with Crippen LogP contribution >= 0.6 is 0 Å². The molecule has 0 bridgehead atoms. The summed E-state index contributed by atoms with van der Waals surface area (Å²) in [6.45, 7) is 3.66. The molecule has 2 rings (SSSR count). The summed E-state index contributed by atoms with van der Waals surface area (Å²) >= 11 is 0. The van der Waals surface area contributed by atoms with E-state index in [1.807, 2.05) is 0 Å². The summed E-state index contributed by atoms with van der Waals surface area (Å²) in [4.78, 5) is 15.3. The van der Waals surface area contributed by atoms with Crippen LogP contribution in [0.25, 0.3) is 0 Å². The van der Waals surface area contributed by atoms with E-state index in [1.54, 1.807) is 25.1 Å². The minimum atomic E-state index is -0.0495. The molecule has 1 heterocycles. The second-order valence-corrected chi connectivity index (χ2v) is 3.95. The molecule has 94 valence electrons. The van der Waals surface area contributed by atoms with Crippen LogP contribution in [0, 0.1) is 6.92 Å². The van der Waals surface area contributed by atoms with Crippen molar-refractivity contribution in [2.24, 2.45) is 0 Å². The van der Waals surface area contributed by atoms with E-state index in [0.717, 1.165) is 5.69 Å². The largest absolute Gasteiger partial charge is 0.398 e. The molecule has 0 saturated carbocycles. The van der Waals surface area contributed by atoms with E-state index in [1.165, 1.54) is 6.92 Å². The van der Waals surface area contributed by atoms with Gasteiger partial charge < -0.3 is 15.6 Å². The molecule has 2 aromatic rings. The molecule has 0 radical (unpaired) electrons. The quantitative estimate of drug-likeness (QED) is 0.630. The van der Waals surface area contributed by atoms with Crippen LogP contribution in [0.5, 0.6) is 0 Å². The van der Waals surface area contributed by atoms with Gasteiger partial charge in [0, 0.05) is 16.9 Å². The third-order valence-electron chi connectivity index (χ3n) is 2.44. The highest BCUT2D eigenvalue weighted by Gasteiger charge is 2.06. The molecule has 0 unspecified atom stereocenters. The number of nitrogens with two attached hydrogens (primary N) is 1. The number of ketones is 1. The summed E-state index contributed by atoms with van der Waals surface area (Å²) < 4.78 is 4.97. The summed E-state index contributed by atoms with van der Waals surface area (Å²) in [6.07, 6.45) is 0. The first-order valence-electron chi connectivity index (χ1n) is 5.50. The molecule has 6 heteroatoms. The number of carbonyl (C=O) groups excluding carboxylic acids is 1. The van der Waals surface area contributed by atoms with E-state index in [-0.39, 0.29) is 5.78 Å². The number of nitrogens with zero attached hydrogens (tertiary/aromatic N) is 2. The fourth-order valence-corrected chi connectivity index (χ4v) is 1.58. The van der Waals surface area contributed by atoms with Gasteiger partial charge in [0.2, 0.25) is 5.89 Å². The van der Waals surface area contributed by atoms with Crippen LogP contribution < -0.4 is 11.1 Å². The van der Waals surface area contributed by atoms with Gasteiger partial charge in [0.1, 0.15) is 0 Å². The number of hydrogen-bond donors (Lipinski definition) is 2. The van der Waals surface area contributed by atoms with Crippen molar-refractivity contribution in [2.75, 3.05) is 11.1 Å². The molecule has 0 aliphatic carbocycles. The molecule has 1 aromatic heterocycles. The normalized spacial score (nSPS) is 10.3. The van der Waals surface area contributed by atoms with E-state index in [9.17, 15) is 4.79 Å². The topological polar surface area (TPSA) is 94.0 Å². The summed E-state index contributed by atoms with van der Waals surface area (Å²) in [5, 5.41) is 6.78. The van der Waals surface area contributed by atoms with Gasteiger partial charge in [-0.25, -0.2) is 0 Å². The van der Waals surface area contributed by atoms with Crippen LogP contribution in [0.15, 0.2) is 22.7 Å². The molecular weight excluding hydrogens is 232 g/mol. The zero-order valence-electron chi connectivity index (χ0n) is 10.2. The monoisotopic (exact) mass is 246 g/mol.